The van der Waals surface area contributed by atoms with Crippen LogP contribution in [0, 0.1) is 11.7 Å². The maximum Gasteiger partial charge on any atom is 0.320 e. The number of nitrogens with zero attached hydrogens (tertiary/aromatic N) is 4. The third kappa shape index (κ3) is 5.99. The molecule has 0 aliphatic carbocycles. The van der Waals surface area contributed by atoms with Crippen LogP contribution in [-0.4, -0.2) is 85.2 Å². The van der Waals surface area contributed by atoms with Crippen molar-refractivity contribution < 1.29 is 22.3 Å². The van der Waals surface area contributed by atoms with Gasteiger partial charge in [0.15, 0.2) is 0 Å². The predicted octanol–water partition coefficient (Wildman–Crippen LogP) is 3.71. The number of carbonyl (C=O) groups excluding carboxylic acids is 1. The molecule has 1 aromatic carbocycles. The Bertz CT molecular complexity index is 1180. The Labute approximate surface area is 214 Å². The van der Waals surface area contributed by atoms with Gasteiger partial charge in [-0.15, -0.1) is 0 Å². The van der Waals surface area contributed by atoms with Crippen LogP contribution >= 0.6 is 23.2 Å². The van der Waals surface area contributed by atoms with Gasteiger partial charge in [0.05, 0.1) is 22.5 Å². The van der Waals surface area contributed by atoms with Gasteiger partial charge in [0.2, 0.25) is 15.9 Å². The highest BCUT2D eigenvalue weighted by molar-refractivity contribution is 7.88. The summed E-state index contributed by atoms with van der Waals surface area (Å²) in [7, 11) is -3.29. The summed E-state index contributed by atoms with van der Waals surface area (Å²) in [6.07, 6.45) is 1.93. The first-order chi connectivity index (χ1) is 16.5. The Kier molecular flexibility index (Phi) is 7.75. The van der Waals surface area contributed by atoms with Crippen molar-refractivity contribution in [2.24, 2.45) is 5.92 Å². The smallest absolute Gasteiger partial charge is 0.320 e. The Morgan fingerprint density at radius 2 is 1.80 bits per heavy atom. The lowest BCUT2D eigenvalue weighted by Gasteiger charge is -2.35. The predicted molar refractivity (Wildman–Crippen MR) is 132 cm³/mol. The van der Waals surface area contributed by atoms with Crippen molar-refractivity contribution in [3.8, 4) is 5.88 Å². The van der Waals surface area contributed by atoms with Gasteiger partial charge in [0, 0.05) is 57.2 Å². The highest BCUT2D eigenvalue weighted by Gasteiger charge is 2.42. The number of carbonyl (C=O) groups is 1. The number of halogens is 3. The minimum atomic E-state index is -3.29. The van der Waals surface area contributed by atoms with E-state index in [-0.39, 0.29) is 37.1 Å². The van der Waals surface area contributed by atoms with Gasteiger partial charge < -0.3 is 14.5 Å². The number of urea groups is 1. The Morgan fingerprint density at radius 1 is 1.09 bits per heavy atom. The first kappa shape index (κ1) is 25.9. The molecule has 2 amide bonds. The Hall–Kier alpha value is -2.14. The van der Waals surface area contributed by atoms with E-state index in [0.717, 1.165) is 11.8 Å². The summed E-state index contributed by atoms with van der Waals surface area (Å²) < 4.78 is 44.3. The lowest BCUT2D eigenvalue weighted by atomic mass is 9.86. The van der Waals surface area contributed by atoms with E-state index in [4.69, 9.17) is 27.9 Å². The number of aromatic nitrogens is 1. The number of pyridine rings is 1. The second kappa shape index (κ2) is 10.5. The maximum atomic E-state index is 13.4. The highest BCUT2D eigenvalue weighted by Crippen LogP contribution is 2.38. The molecule has 0 radical (unpaired) electrons. The summed E-state index contributed by atoms with van der Waals surface area (Å²) in [5, 5.41) is 0.875. The molecule has 2 saturated heterocycles. The summed E-state index contributed by atoms with van der Waals surface area (Å²) in [6, 6.07) is 8.05. The highest BCUT2D eigenvalue weighted by atomic mass is 35.5. The molecule has 1 aromatic heterocycles. The van der Waals surface area contributed by atoms with Crippen LogP contribution in [0.25, 0.3) is 0 Å². The normalized spacial score (nSPS) is 22.3. The molecule has 35 heavy (non-hydrogen) atoms. The molecule has 3 unspecified atom stereocenters. The number of piperazine rings is 1. The van der Waals surface area contributed by atoms with Gasteiger partial charge in [0.1, 0.15) is 11.9 Å². The molecule has 2 fully saturated rings. The van der Waals surface area contributed by atoms with Crippen LogP contribution in [0.5, 0.6) is 5.88 Å². The van der Waals surface area contributed by atoms with Crippen LogP contribution < -0.4 is 4.74 Å². The third-order valence-electron chi connectivity index (χ3n) is 6.60. The topological polar surface area (TPSA) is 83.1 Å². The van der Waals surface area contributed by atoms with Crippen molar-refractivity contribution >= 4 is 39.3 Å². The summed E-state index contributed by atoms with van der Waals surface area (Å²) in [4.78, 5) is 20.8. The van der Waals surface area contributed by atoms with Gasteiger partial charge in [0.25, 0.3) is 0 Å². The van der Waals surface area contributed by atoms with Crippen LogP contribution in [0.2, 0.25) is 10.0 Å². The van der Waals surface area contributed by atoms with Crippen LogP contribution in [-0.2, 0) is 10.0 Å². The van der Waals surface area contributed by atoms with E-state index in [1.165, 1.54) is 22.7 Å². The van der Waals surface area contributed by atoms with Gasteiger partial charge in [-0.05, 0) is 30.7 Å². The van der Waals surface area contributed by atoms with Crippen molar-refractivity contribution in [1.82, 2.24) is 19.1 Å². The average molecular weight is 545 g/mol. The van der Waals surface area contributed by atoms with E-state index < -0.39 is 15.8 Å². The lowest BCUT2D eigenvalue weighted by molar-refractivity contribution is 0.126. The SMILES string of the molecule is CC(Oc1ccc(F)cn1)C1CN(C(=O)N2CCN(S(C)(=O)=O)CC2)CC1c1ccc(Cl)c(Cl)c1. The quantitative estimate of drug-likeness (QED) is 0.573. The molecular weight excluding hydrogens is 518 g/mol. The monoisotopic (exact) mass is 544 g/mol. The molecular formula is C23H27Cl2FN4O4S. The first-order valence-electron chi connectivity index (χ1n) is 11.2. The van der Waals surface area contributed by atoms with E-state index in [0.29, 0.717) is 42.1 Å². The number of amides is 2. The molecule has 2 aromatic rings. The standard InChI is InChI=1S/C23H27Cl2FN4O4S/c1-15(34-22-6-4-17(26)12-27-22)18-13-29(14-19(18)16-3-5-20(24)21(25)11-16)23(31)28-7-9-30(10-8-28)35(2,32)33/h3-6,11-12,15,18-19H,7-10,13-14H2,1-2H3. The number of rotatable bonds is 5. The van der Waals surface area contributed by atoms with E-state index in [1.807, 2.05) is 19.1 Å². The van der Waals surface area contributed by atoms with Crippen LogP contribution in [0.15, 0.2) is 36.5 Å². The molecule has 8 nitrogen and oxygen atoms in total. The van der Waals surface area contributed by atoms with Gasteiger partial charge >= 0.3 is 6.03 Å². The van der Waals surface area contributed by atoms with Crippen molar-refractivity contribution in [3.05, 3.63) is 58.0 Å². The zero-order valence-corrected chi connectivity index (χ0v) is 21.7. The first-order valence-corrected chi connectivity index (χ1v) is 13.9. The minimum Gasteiger partial charge on any atom is -0.474 e. The summed E-state index contributed by atoms with van der Waals surface area (Å²) in [6.45, 7) is 3.98. The molecule has 190 valence electrons. The summed E-state index contributed by atoms with van der Waals surface area (Å²) >= 11 is 12.4. The van der Waals surface area contributed by atoms with Gasteiger partial charge in [-0.3, -0.25) is 0 Å². The number of likely N-dealkylation sites (tertiary alicyclic amines) is 1. The molecule has 4 rings (SSSR count). The van der Waals surface area contributed by atoms with Gasteiger partial charge in [-0.25, -0.2) is 22.6 Å². The maximum absolute atomic E-state index is 13.4. The number of ether oxygens (including phenoxy) is 1. The second-order valence-corrected chi connectivity index (χ2v) is 11.7. The molecule has 0 saturated carbocycles. The van der Waals surface area contributed by atoms with E-state index in [1.54, 1.807) is 15.9 Å². The Morgan fingerprint density at radius 3 is 2.40 bits per heavy atom. The van der Waals surface area contributed by atoms with Crippen LogP contribution in [0.4, 0.5) is 9.18 Å². The van der Waals surface area contributed by atoms with Crippen molar-refractivity contribution in [2.75, 3.05) is 45.5 Å². The van der Waals surface area contributed by atoms with Crippen molar-refractivity contribution in [2.45, 2.75) is 18.9 Å². The molecule has 3 atom stereocenters. The Balaban J connectivity index is 1.52. The van der Waals surface area contributed by atoms with Crippen LogP contribution in [0.3, 0.4) is 0 Å². The van der Waals surface area contributed by atoms with Crippen molar-refractivity contribution in [1.29, 1.82) is 0 Å². The summed E-state index contributed by atoms with van der Waals surface area (Å²) in [5.41, 5.74) is 0.934. The fourth-order valence-corrected chi connectivity index (χ4v) is 5.81. The fraction of sp³-hybridized carbons (Fsp3) is 0.478. The molecule has 0 bridgehead atoms. The van der Waals surface area contributed by atoms with Crippen LogP contribution in [0.1, 0.15) is 18.4 Å². The third-order valence-corrected chi connectivity index (χ3v) is 8.64. The number of benzene rings is 1. The van der Waals surface area contributed by atoms with Gasteiger partial charge in [-0.1, -0.05) is 29.3 Å². The number of sulfonamides is 1. The molecule has 3 heterocycles. The van der Waals surface area contributed by atoms with E-state index in [9.17, 15) is 17.6 Å². The molecule has 0 spiro atoms. The molecule has 0 N–H and O–H groups in total. The van der Waals surface area contributed by atoms with Gasteiger partial charge in [-0.2, -0.15) is 4.31 Å². The summed E-state index contributed by atoms with van der Waals surface area (Å²) in [5.74, 6) is -0.331. The van der Waals surface area contributed by atoms with Crippen molar-refractivity contribution in [3.63, 3.8) is 0 Å². The second-order valence-electron chi connectivity index (χ2n) is 8.92. The number of hydrogen-bond acceptors (Lipinski definition) is 5. The zero-order chi connectivity index (χ0) is 25.3. The number of hydrogen-bond donors (Lipinski definition) is 0. The molecule has 2 aliphatic rings. The molecule has 2 aliphatic heterocycles. The zero-order valence-electron chi connectivity index (χ0n) is 19.4. The minimum absolute atomic E-state index is 0.0820. The largest absolute Gasteiger partial charge is 0.474 e. The average Bonchev–Trinajstić information content (AvgIpc) is 3.27. The fourth-order valence-electron chi connectivity index (χ4n) is 4.68. The molecule has 12 heteroatoms. The van der Waals surface area contributed by atoms with E-state index in [2.05, 4.69) is 4.98 Å². The van der Waals surface area contributed by atoms with E-state index >= 15 is 0 Å². The lowest BCUT2D eigenvalue weighted by Crippen LogP contribution is -2.53.